The number of carboxylic acid groups (broad SMARTS) is 1. The minimum Gasteiger partial charge on any atom is -0.464 e. The number of fused-ring (bicyclic) bond motifs is 4. The summed E-state index contributed by atoms with van der Waals surface area (Å²) in [5, 5.41) is 10.6. The summed E-state index contributed by atoms with van der Waals surface area (Å²) in [6.45, 7) is 45.1. The Morgan fingerprint density at radius 3 is 1.23 bits per heavy atom. The van der Waals surface area contributed by atoms with Crippen molar-refractivity contribution in [2.45, 2.75) is 184 Å². The molecule has 0 bridgehead atoms. The fraction of sp³-hybridized carbons (Fsp3) is 0.576. The van der Waals surface area contributed by atoms with E-state index in [1.807, 2.05) is 88.3 Å². The minimum absolute atomic E-state index is 0.205. The van der Waals surface area contributed by atoms with Gasteiger partial charge in [-0.3, -0.25) is 9.80 Å². The zero-order valence-corrected chi connectivity index (χ0v) is 52.6. The van der Waals surface area contributed by atoms with Gasteiger partial charge in [-0.15, -0.1) is 0 Å². The molecule has 4 heterocycles. The Labute approximate surface area is 488 Å². The average molecular weight is 1130 g/mol. The van der Waals surface area contributed by atoms with E-state index < -0.39 is 34.4 Å². The molecule has 0 saturated carbocycles. The fourth-order valence-corrected chi connectivity index (χ4v) is 11.4. The molecule has 0 radical (unpaired) electrons. The highest BCUT2D eigenvalue weighted by Gasteiger charge is 2.44. The summed E-state index contributed by atoms with van der Waals surface area (Å²) >= 11 is 0. The fourth-order valence-electron chi connectivity index (χ4n) is 11.4. The van der Waals surface area contributed by atoms with Gasteiger partial charge in [0.25, 0.3) is 0 Å². The molecule has 16 heteroatoms. The van der Waals surface area contributed by atoms with Crippen LogP contribution in [0, 0.1) is 0 Å². The second kappa shape index (κ2) is 24.6. The summed E-state index contributed by atoms with van der Waals surface area (Å²) in [4.78, 5) is 63.2. The molecule has 4 aliphatic rings. The number of anilines is 4. The van der Waals surface area contributed by atoms with Crippen LogP contribution in [0.25, 0.3) is 0 Å². The molecule has 4 aromatic rings. The molecule has 0 aliphatic carbocycles. The van der Waals surface area contributed by atoms with Crippen LogP contribution in [0.1, 0.15) is 175 Å². The van der Waals surface area contributed by atoms with Gasteiger partial charge in [-0.05, 0) is 156 Å². The van der Waals surface area contributed by atoms with E-state index in [2.05, 4.69) is 113 Å². The molecule has 0 unspecified atom stereocenters. The topological polar surface area (TPSA) is 154 Å². The van der Waals surface area contributed by atoms with Gasteiger partial charge in [0.05, 0.1) is 36.0 Å². The monoisotopic (exact) mass is 1130 g/mol. The number of hydrogen-bond donors (Lipinski definition) is 1. The van der Waals surface area contributed by atoms with Crippen molar-refractivity contribution in [3.05, 3.63) is 117 Å². The standard InChI is InChI=1S/2C33H47N3O5/c1-10-39-22-24-12-14-26-28(20-24)36(30(38)41-32(5,6)7)27-19-23(11-13-25(27)33(26,8)9)21-34-15-17-35(18-16-34)29(37)40-31(2,3)4;1-10-40-21-22-11-12-24-26(18-22)36(29(37)38)27-19-23(17-25(31(2,3)4)28(27)33(24,8)9)20-34-13-15-35(16-14-34)30(39)41-32(5,6)7/h11-14,19-20H,10,15-18,21-22H2,1-9H3;11-12,17-19H,10,13-16,20-21H2,1-9H3,(H,37,38). The molecular formula is C66H94N6O10. The third kappa shape index (κ3) is 14.9. The van der Waals surface area contributed by atoms with Gasteiger partial charge in [-0.25, -0.2) is 29.0 Å². The molecule has 8 rings (SSSR count). The molecular weight excluding hydrogens is 1040 g/mol. The Bertz CT molecular complexity index is 2960. The molecule has 1 N–H and O–H groups in total. The Hall–Kier alpha value is -6.20. The number of ether oxygens (including phenoxy) is 5. The molecule has 2 saturated heterocycles. The molecule has 0 spiro atoms. The van der Waals surface area contributed by atoms with Gasteiger partial charge in [-0.1, -0.05) is 90.9 Å². The van der Waals surface area contributed by atoms with Crippen LogP contribution < -0.4 is 9.80 Å². The van der Waals surface area contributed by atoms with E-state index in [0.717, 1.165) is 99.9 Å². The summed E-state index contributed by atoms with van der Waals surface area (Å²) in [6, 6.07) is 23.1. The van der Waals surface area contributed by atoms with Gasteiger partial charge < -0.3 is 38.6 Å². The number of benzene rings is 4. The lowest BCUT2D eigenvalue weighted by Crippen LogP contribution is -2.49. The van der Waals surface area contributed by atoms with Crippen LogP contribution in [-0.4, -0.2) is 131 Å². The van der Waals surface area contributed by atoms with Crippen molar-refractivity contribution in [3.8, 4) is 0 Å². The smallest absolute Gasteiger partial charge is 0.419 e. The highest BCUT2D eigenvalue weighted by molar-refractivity contribution is 6.01. The van der Waals surface area contributed by atoms with Gasteiger partial charge >= 0.3 is 24.4 Å². The van der Waals surface area contributed by atoms with Gasteiger partial charge in [0, 0.05) is 89.5 Å². The molecule has 0 atom stereocenters. The predicted octanol–water partition coefficient (Wildman–Crippen LogP) is 14.0. The number of nitrogens with zero attached hydrogens (tertiary/aromatic N) is 6. The SMILES string of the molecule is CCOCc1ccc2c(c1)N(C(=O)O)c1cc(CN3CCN(C(=O)OC(C)(C)C)CC3)cc(C(C)(C)C)c1C2(C)C.CCOCc1ccc2c(c1)N(C(=O)OC(C)(C)C)c1cc(CN3CCN(C(=O)OC(C)(C)C)CC3)ccc1C2(C)C. The van der Waals surface area contributed by atoms with Crippen LogP contribution in [0.5, 0.6) is 0 Å². The van der Waals surface area contributed by atoms with E-state index in [-0.39, 0.29) is 23.0 Å². The molecule has 2 fully saturated rings. The third-order valence-corrected chi connectivity index (χ3v) is 15.4. The number of carbonyl (C=O) groups is 4. The molecule has 16 nitrogen and oxygen atoms in total. The van der Waals surface area contributed by atoms with Crippen LogP contribution in [0.3, 0.4) is 0 Å². The van der Waals surface area contributed by atoms with Crippen molar-refractivity contribution in [3.63, 3.8) is 0 Å². The second-order valence-electron chi connectivity index (χ2n) is 27.3. The lowest BCUT2D eigenvalue weighted by atomic mass is 9.67. The summed E-state index contributed by atoms with van der Waals surface area (Å²) in [5.74, 6) is 0. The van der Waals surface area contributed by atoms with E-state index in [4.69, 9.17) is 23.7 Å². The van der Waals surface area contributed by atoms with Crippen molar-refractivity contribution in [1.29, 1.82) is 0 Å². The highest BCUT2D eigenvalue weighted by atomic mass is 16.6. The maximum absolute atomic E-state index is 13.8. The van der Waals surface area contributed by atoms with Gasteiger partial charge in [0.15, 0.2) is 0 Å². The minimum atomic E-state index is -1.00. The van der Waals surface area contributed by atoms with Crippen LogP contribution in [0.15, 0.2) is 66.7 Å². The van der Waals surface area contributed by atoms with Crippen molar-refractivity contribution >= 4 is 47.1 Å². The van der Waals surface area contributed by atoms with Crippen LogP contribution in [0.4, 0.5) is 41.9 Å². The predicted molar refractivity (Wildman–Crippen MR) is 324 cm³/mol. The lowest BCUT2D eigenvalue weighted by Gasteiger charge is -2.44. The van der Waals surface area contributed by atoms with E-state index in [9.17, 15) is 24.3 Å². The van der Waals surface area contributed by atoms with Crippen LogP contribution in [-0.2, 0) is 66.2 Å². The maximum Gasteiger partial charge on any atom is 0.419 e. The second-order valence-corrected chi connectivity index (χ2v) is 27.3. The summed E-state index contributed by atoms with van der Waals surface area (Å²) in [6.07, 6.45) is -1.93. The van der Waals surface area contributed by atoms with Crippen molar-refractivity contribution in [2.75, 3.05) is 75.4 Å². The molecule has 4 amide bonds. The normalized spacial score (nSPS) is 17.1. The summed E-state index contributed by atoms with van der Waals surface area (Å²) < 4.78 is 28.4. The van der Waals surface area contributed by atoms with Crippen LogP contribution >= 0.6 is 0 Å². The molecule has 4 aliphatic heterocycles. The Balaban J connectivity index is 0.000000236. The van der Waals surface area contributed by atoms with Gasteiger partial charge in [0.2, 0.25) is 0 Å². The Morgan fingerprint density at radius 1 is 0.463 bits per heavy atom. The zero-order chi connectivity index (χ0) is 60.5. The molecule has 4 aromatic carbocycles. The summed E-state index contributed by atoms with van der Waals surface area (Å²) in [5.41, 5.74) is 9.97. The maximum atomic E-state index is 13.8. The first-order valence-corrected chi connectivity index (χ1v) is 29.3. The van der Waals surface area contributed by atoms with Crippen LogP contribution in [0.2, 0.25) is 0 Å². The van der Waals surface area contributed by atoms with E-state index >= 15 is 0 Å². The first-order chi connectivity index (χ1) is 38.1. The largest absolute Gasteiger partial charge is 0.464 e. The van der Waals surface area contributed by atoms with Crippen molar-refractivity contribution < 1.29 is 48.0 Å². The Kier molecular flexibility index (Phi) is 19.0. The highest BCUT2D eigenvalue weighted by Crippen LogP contribution is 2.54. The molecule has 0 aromatic heterocycles. The third-order valence-electron chi connectivity index (χ3n) is 15.4. The number of rotatable bonds is 10. The number of amides is 4. The number of carbonyl (C=O) groups excluding carboxylic acids is 3. The zero-order valence-electron chi connectivity index (χ0n) is 52.6. The number of piperazine rings is 2. The lowest BCUT2D eigenvalue weighted by molar-refractivity contribution is 0.0129. The van der Waals surface area contributed by atoms with Gasteiger partial charge in [-0.2, -0.15) is 0 Å². The van der Waals surface area contributed by atoms with Crippen molar-refractivity contribution in [2.24, 2.45) is 0 Å². The van der Waals surface area contributed by atoms with E-state index in [1.165, 1.54) is 4.90 Å². The first-order valence-electron chi connectivity index (χ1n) is 29.3. The summed E-state index contributed by atoms with van der Waals surface area (Å²) in [7, 11) is 0. The quantitative estimate of drug-likeness (QED) is 0.150. The van der Waals surface area contributed by atoms with E-state index in [0.29, 0.717) is 64.8 Å². The van der Waals surface area contributed by atoms with Crippen molar-refractivity contribution in [1.82, 2.24) is 19.6 Å². The first kappa shape index (κ1) is 63.4. The molecule has 82 heavy (non-hydrogen) atoms. The van der Waals surface area contributed by atoms with Gasteiger partial charge in [0.1, 0.15) is 16.8 Å². The van der Waals surface area contributed by atoms with E-state index in [1.54, 1.807) is 14.7 Å². The average Bonchev–Trinajstić information content (AvgIpc) is 2.03. The molecule has 448 valence electrons. The number of hydrogen-bond acceptors (Lipinski definition) is 11. The Morgan fingerprint density at radius 2 is 0.829 bits per heavy atom.